The molecule has 9 heteroatoms. The fourth-order valence-corrected chi connectivity index (χ4v) is 2.09. The highest BCUT2D eigenvalue weighted by Gasteiger charge is 2.21. The second kappa shape index (κ2) is 5.79. The van der Waals surface area contributed by atoms with E-state index in [9.17, 15) is 26.4 Å². The van der Waals surface area contributed by atoms with Crippen molar-refractivity contribution < 1.29 is 26.4 Å². The Morgan fingerprint density at radius 3 is 2.47 bits per heavy atom. The Morgan fingerprint density at radius 2 is 2.00 bits per heavy atom. The summed E-state index contributed by atoms with van der Waals surface area (Å²) in [5.41, 5.74) is -0.634. The van der Waals surface area contributed by atoms with Gasteiger partial charge in [0, 0.05) is 17.7 Å². The lowest BCUT2D eigenvalue weighted by Crippen LogP contribution is -2.32. The molecular weight excluding hydrogens is 307 g/mol. The molecule has 0 saturated heterocycles. The molecule has 0 aliphatic heterocycles. The number of hydrogen-bond acceptors (Lipinski definition) is 3. The molecule has 0 bridgehead atoms. The van der Waals surface area contributed by atoms with Crippen LogP contribution in [0.5, 0.6) is 0 Å². The van der Waals surface area contributed by atoms with E-state index in [1.54, 1.807) is 0 Å². The number of carbonyl (C=O) groups excluding carboxylic acids is 1. The van der Waals surface area contributed by atoms with Gasteiger partial charge in [-0.25, -0.2) is 21.6 Å². The van der Waals surface area contributed by atoms with Crippen molar-refractivity contribution in [2.45, 2.75) is 11.3 Å². The Balaban J connectivity index is 3.16. The van der Waals surface area contributed by atoms with Crippen LogP contribution in [0.3, 0.4) is 0 Å². The zero-order valence-electron chi connectivity index (χ0n) is 9.61. The molecule has 0 spiro atoms. The molecule has 4 nitrogen and oxygen atoms in total. The van der Waals surface area contributed by atoms with Gasteiger partial charge in [0.05, 0.1) is 17.0 Å². The maximum absolute atomic E-state index is 13.4. The minimum Gasteiger partial charge on any atom is -0.336 e. The van der Waals surface area contributed by atoms with Gasteiger partial charge in [-0.1, -0.05) is 0 Å². The van der Waals surface area contributed by atoms with Crippen LogP contribution >= 0.6 is 10.7 Å². The Bertz CT molecular complexity index is 592. The lowest BCUT2D eigenvalue weighted by atomic mass is 10.2. The second-order valence-corrected chi connectivity index (χ2v) is 6.22. The van der Waals surface area contributed by atoms with Gasteiger partial charge in [0.25, 0.3) is 21.4 Å². The zero-order chi connectivity index (χ0) is 14.8. The highest BCUT2D eigenvalue weighted by molar-refractivity contribution is 8.13. The SMILES string of the molecule is CN(CC(F)F)C(=O)c1cc(S(=O)(=O)Cl)ccc1F. The van der Waals surface area contributed by atoms with Gasteiger partial charge in [-0.05, 0) is 18.2 Å². The summed E-state index contributed by atoms with van der Waals surface area (Å²) >= 11 is 0. The Kier molecular flexibility index (Phi) is 4.81. The lowest BCUT2D eigenvalue weighted by Gasteiger charge is -2.17. The highest BCUT2D eigenvalue weighted by Crippen LogP contribution is 2.20. The van der Waals surface area contributed by atoms with E-state index in [0.29, 0.717) is 11.0 Å². The van der Waals surface area contributed by atoms with Crippen molar-refractivity contribution in [3.8, 4) is 0 Å². The molecule has 1 rings (SSSR count). The van der Waals surface area contributed by atoms with Crippen LogP contribution in [-0.4, -0.2) is 39.2 Å². The van der Waals surface area contributed by atoms with E-state index < -0.39 is 44.2 Å². The van der Waals surface area contributed by atoms with E-state index in [4.69, 9.17) is 10.7 Å². The van der Waals surface area contributed by atoms with Gasteiger partial charge >= 0.3 is 0 Å². The summed E-state index contributed by atoms with van der Waals surface area (Å²) in [6, 6.07) is 2.32. The second-order valence-electron chi connectivity index (χ2n) is 3.66. The molecule has 1 aromatic rings. The standard InChI is InChI=1S/C10H9ClF3NO3S/c1-15(5-9(13)14)10(16)7-4-6(19(11,17)18)2-3-8(7)12/h2-4,9H,5H2,1H3. The van der Waals surface area contributed by atoms with Gasteiger partial charge in [-0.2, -0.15) is 0 Å². The number of carbonyl (C=O) groups is 1. The van der Waals surface area contributed by atoms with Crippen LogP contribution in [-0.2, 0) is 9.05 Å². The van der Waals surface area contributed by atoms with E-state index in [-0.39, 0.29) is 0 Å². The molecule has 1 aromatic carbocycles. The summed E-state index contributed by atoms with van der Waals surface area (Å²) in [5, 5.41) is 0. The number of nitrogens with zero attached hydrogens (tertiary/aromatic N) is 1. The van der Waals surface area contributed by atoms with E-state index >= 15 is 0 Å². The van der Waals surface area contributed by atoms with Crippen molar-refractivity contribution in [3.05, 3.63) is 29.6 Å². The summed E-state index contributed by atoms with van der Waals surface area (Å²) in [6.45, 7) is -0.893. The smallest absolute Gasteiger partial charge is 0.261 e. The van der Waals surface area contributed by atoms with Gasteiger partial charge in [0.2, 0.25) is 0 Å². The first-order chi connectivity index (χ1) is 8.62. The minimum absolute atomic E-state index is 0.482. The molecular formula is C10H9ClF3NO3S. The molecule has 0 atom stereocenters. The highest BCUT2D eigenvalue weighted by atomic mass is 35.7. The predicted molar refractivity (Wildman–Crippen MR) is 62.4 cm³/mol. The molecule has 0 fully saturated rings. The van der Waals surface area contributed by atoms with Crippen LogP contribution in [0, 0.1) is 5.82 Å². The summed E-state index contributed by atoms with van der Waals surface area (Å²) in [4.78, 5) is 11.8. The lowest BCUT2D eigenvalue weighted by molar-refractivity contribution is 0.0616. The summed E-state index contributed by atoms with van der Waals surface area (Å²) in [5.74, 6) is -2.07. The number of benzene rings is 1. The first-order valence-electron chi connectivity index (χ1n) is 4.90. The molecule has 0 aliphatic rings. The molecule has 106 valence electrons. The van der Waals surface area contributed by atoms with E-state index in [1.165, 1.54) is 0 Å². The average Bonchev–Trinajstić information content (AvgIpc) is 2.26. The molecule has 0 N–H and O–H groups in total. The first-order valence-corrected chi connectivity index (χ1v) is 7.21. The van der Waals surface area contributed by atoms with Gasteiger partial charge in [-0.15, -0.1) is 0 Å². The molecule has 0 aliphatic carbocycles. The van der Waals surface area contributed by atoms with Crippen molar-refractivity contribution in [3.63, 3.8) is 0 Å². The van der Waals surface area contributed by atoms with Crippen LogP contribution in [0.15, 0.2) is 23.1 Å². The molecule has 1 amide bonds. The van der Waals surface area contributed by atoms with Gasteiger partial charge < -0.3 is 4.90 Å². The maximum atomic E-state index is 13.4. The van der Waals surface area contributed by atoms with E-state index in [0.717, 1.165) is 19.2 Å². The molecule has 0 heterocycles. The monoisotopic (exact) mass is 315 g/mol. The quantitative estimate of drug-likeness (QED) is 0.800. The third-order valence-corrected chi connectivity index (χ3v) is 3.56. The van der Waals surface area contributed by atoms with Crippen LogP contribution in [0.25, 0.3) is 0 Å². The van der Waals surface area contributed by atoms with Crippen LogP contribution in [0.2, 0.25) is 0 Å². The first kappa shape index (κ1) is 15.8. The third-order valence-electron chi connectivity index (χ3n) is 2.21. The van der Waals surface area contributed by atoms with Crippen LogP contribution < -0.4 is 0 Å². The molecule has 0 aromatic heterocycles. The topological polar surface area (TPSA) is 54.5 Å². The van der Waals surface area contributed by atoms with Crippen molar-refractivity contribution >= 4 is 25.6 Å². The van der Waals surface area contributed by atoms with Crippen molar-refractivity contribution in [2.24, 2.45) is 0 Å². The van der Waals surface area contributed by atoms with Gasteiger partial charge in [0.15, 0.2) is 0 Å². The fourth-order valence-electron chi connectivity index (χ4n) is 1.32. The largest absolute Gasteiger partial charge is 0.336 e. The summed E-state index contributed by atoms with van der Waals surface area (Å²) < 4.78 is 59.8. The Labute approximate surface area is 112 Å². The molecule has 0 saturated carbocycles. The van der Waals surface area contributed by atoms with E-state index in [1.807, 2.05) is 0 Å². The number of alkyl halides is 2. The number of rotatable bonds is 4. The van der Waals surface area contributed by atoms with Crippen molar-refractivity contribution in [1.29, 1.82) is 0 Å². The number of hydrogen-bond donors (Lipinski definition) is 0. The summed E-state index contributed by atoms with van der Waals surface area (Å²) in [7, 11) is 1.97. The fraction of sp³-hybridized carbons (Fsp3) is 0.300. The average molecular weight is 316 g/mol. The normalized spacial score (nSPS) is 11.7. The van der Waals surface area contributed by atoms with Gasteiger partial charge in [0.1, 0.15) is 5.82 Å². The number of amides is 1. The van der Waals surface area contributed by atoms with Gasteiger partial charge in [-0.3, -0.25) is 4.79 Å². The van der Waals surface area contributed by atoms with Crippen LogP contribution in [0.1, 0.15) is 10.4 Å². The minimum atomic E-state index is -4.14. The molecule has 0 unspecified atom stereocenters. The zero-order valence-corrected chi connectivity index (χ0v) is 11.2. The molecule has 19 heavy (non-hydrogen) atoms. The van der Waals surface area contributed by atoms with Crippen molar-refractivity contribution in [2.75, 3.05) is 13.6 Å². The Hall–Kier alpha value is -1.28. The summed E-state index contributed by atoms with van der Waals surface area (Å²) in [6.07, 6.45) is -2.78. The molecule has 0 radical (unpaired) electrons. The van der Waals surface area contributed by atoms with Crippen LogP contribution in [0.4, 0.5) is 13.2 Å². The maximum Gasteiger partial charge on any atom is 0.261 e. The number of halogens is 4. The van der Waals surface area contributed by atoms with E-state index in [2.05, 4.69) is 0 Å². The predicted octanol–water partition coefficient (Wildman–Crippen LogP) is 2.09. The third kappa shape index (κ3) is 4.10. The Morgan fingerprint density at radius 1 is 1.42 bits per heavy atom. The van der Waals surface area contributed by atoms with Crippen molar-refractivity contribution in [1.82, 2.24) is 4.90 Å².